The molecule has 0 spiro atoms. The van der Waals surface area contributed by atoms with Gasteiger partial charge in [-0.1, -0.05) is 0 Å². The number of ether oxygens (including phenoxy) is 2. The van der Waals surface area contributed by atoms with Gasteiger partial charge in [-0.05, 0) is 25.3 Å². The van der Waals surface area contributed by atoms with Gasteiger partial charge < -0.3 is 9.47 Å². The normalized spacial score (nSPS) is 35.2. The molecular weight excluding hydrogens is 156 g/mol. The number of hydrogen-bond donors (Lipinski definition) is 0. The van der Waals surface area contributed by atoms with E-state index in [1.807, 2.05) is 0 Å². The van der Waals surface area contributed by atoms with E-state index in [1.54, 1.807) is 6.08 Å². The number of cyclic esters (lactones) is 1. The fourth-order valence-corrected chi connectivity index (χ4v) is 1.61. The zero-order valence-electron chi connectivity index (χ0n) is 6.86. The zero-order valence-corrected chi connectivity index (χ0v) is 6.86. The van der Waals surface area contributed by atoms with Gasteiger partial charge in [0.2, 0.25) is 0 Å². The summed E-state index contributed by atoms with van der Waals surface area (Å²) in [7, 11) is 0. The Morgan fingerprint density at radius 1 is 1.42 bits per heavy atom. The van der Waals surface area contributed by atoms with Crippen molar-refractivity contribution in [1.82, 2.24) is 0 Å². The van der Waals surface area contributed by atoms with Crippen LogP contribution in [-0.2, 0) is 14.3 Å². The van der Waals surface area contributed by atoms with Gasteiger partial charge >= 0.3 is 5.97 Å². The average Bonchev–Trinajstić information content (AvgIpc) is 2.54. The van der Waals surface area contributed by atoms with Crippen LogP contribution in [0.4, 0.5) is 0 Å². The minimum Gasteiger partial charge on any atom is -0.452 e. The predicted molar refractivity (Wildman–Crippen MR) is 42.6 cm³/mol. The Morgan fingerprint density at radius 2 is 2.33 bits per heavy atom. The number of carbonyl (C=O) groups is 1. The number of carbonyl (C=O) groups excluding carboxylic acids is 1. The molecule has 0 aromatic rings. The second-order valence-corrected chi connectivity index (χ2v) is 3.17. The summed E-state index contributed by atoms with van der Waals surface area (Å²) in [6.45, 7) is 0.798. The molecule has 0 aliphatic carbocycles. The van der Waals surface area contributed by atoms with Gasteiger partial charge in [0, 0.05) is 12.7 Å². The van der Waals surface area contributed by atoms with Crippen molar-refractivity contribution in [2.45, 2.75) is 31.5 Å². The molecule has 1 saturated heterocycles. The molecule has 12 heavy (non-hydrogen) atoms. The Morgan fingerprint density at radius 3 is 2.92 bits per heavy atom. The molecule has 2 rings (SSSR count). The smallest absolute Gasteiger partial charge is 0.331 e. The lowest BCUT2D eigenvalue weighted by Gasteiger charge is -2.25. The van der Waals surface area contributed by atoms with E-state index in [0.717, 1.165) is 19.4 Å². The van der Waals surface area contributed by atoms with Crippen LogP contribution in [0.2, 0.25) is 0 Å². The van der Waals surface area contributed by atoms with Gasteiger partial charge in [-0.3, -0.25) is 0 Å². The standard InChI is InChI=1S/C9H12O3/c10-9-5-4-8(12-9)7-3-1-2-6-11-7/h4-5,7-8H,1-3,6H2/t7-,8+/m0/s1. The first-order valence-corrected chi connectivity index (χ1v) is 4.37. The number of hydrogen-bond acceptors (Lipinski definition) is 3. The van der Waals surface area contributed by atoms with E-state index in [2.05, 4.69) is 0 Å². The third-order valence-electron chi connectivity index (χ3n) is 2.26. The van der Waals surface area contributed by atoms with Crippen molar-refractivity contribution in [2.24, 2.45) is 0 Å². The fraction of sp³-hybridized carbons (Fsp3) is 0.667. The average molecular weight is 168 g/mol. The molecule has 2 aliphatic heterocycles. The molecule has 0 bridgehead atoms. The van der Waals surface area contributed by atoms with Crippen LogP contribution in [-0.4, -0.2) is 24.8 Å². The third-order valence-corrected chi connectivity index (χ3v) is 2.26. The van der Waals surface area contributed by atoms with E-state index in [0.29, 0.717) is 0 Å². The maximum absolute atomic E-state index is 10.7. The van der Waals surface area contributed by atoms with Crippen LogP contribution in [0, 0.1) is 0 Å². The highest BCUT2D eigenvalue weighted by Gasteiger charge is 2.28. The van der Waals surface area contributed by atoms with Crippen molar-refractivity contribution < 1.29 is 14.3 Å². The first kappa shape index (κ1) is 7.80. The lowest BCUT2D eigenvalue weighted by molar-refractivity contribution is -0.146. The SMILES string of the molecule is O=C1C=C[C@H]([C@@H]2CCCCO2)O1. The summed E-state index contributed by atoms with van der Waals surface area (Å²) in [6, 6.07) is 0. The minimum atomic E-state index is -0.242. The zero-order chi connectivity index (χ0) is 8.39. The molecule has 0 saturated carbocycles. The summed E-state index contributed by atoms with van der Waals surface area (Å²) in [5, 5.41) is 0. The first-order chi connectivity index (χ1) is 5.86. The van der Waals surface area contributed by atoms with Crippen LogP contribution in [0.15, 0.2) is 12.2 Å². The maximum Gasteiger partial charge on any atom is 0.331 e. The van der Waals surface area contributed by atoms with Crippen molar-refractivity contribution in [1.29, 1.82) is 0 Å². The summed E-state index contributed by atoms with van der Waals surface area (Å²) in [5.41, 5.74) is 0. The van der Waals surface area contributed by atoms with Gasteiger partial charge in [0.15, 0.2) is 0 Å². The molecular formula is C9H12O3. The van der Waals surface area contributed by atoms with Crippen LogP contribution in [0.3, 0.4) is 0 Å². The highest BCUT2D eigenvalue weighted by molar-refractivity contribution is 5.84. The van der Waals surface area contributed by atoms with E-state index in [9.17, 15) is 4.79 Å². The molecule has 0 aromatic heterocycles. The van der Waals surface area contributed by atoms with E-state index >= 15 is 0 Å². The monoisotopic (exact) mass is 168 g/mol. The van der Waals surface area contributed by atoms with Crippen molar-refractivity contribution in [3.8, 4) is 0 Å². The molecule has 66 valence electrons. The van der Waals surface area contributed by atoms with E-state index < -0.39 is 0 Å². The Balaban J connectivity index is 1.91. The molecule has 3 nitrogen and oxygen atoms in total. The Labute approximate surface area is 71.3 Å². The Kier molecular flexibility index (Phi) is 2.13. The molecule has 3 heteroatoms. The minimum absolute atomic E-state index is 0.0986. The van der Waals surface area contributed by atoms with Crippen LogP contribution >= 0.6 is 0 Å². The lowest BCUT2D eigenvalue weighted by Crippen LogP contribution is -2.31. The predicted octanol–water partition coefficient (Wildman–Crippen LogP) is 1.04. The van der Waals surface area contributed by atoms with Crippen molar-refractivity contribution in [3.05, 3.63) is 12.2 Å². The van der Waals surface area contributed by atoms with Gasteiger partial charge in [-0.25, -0.2) is 4.79 Å². The molecule has 2 heterocycles. The van der Waals surface area contributed by atoms with Gasteiger partial charge in [0.1, 0.15) is 6.10 Å². The summed E-state index contributed by atoms with van der Waals surface area (Å²) in [5.74, 6) is -0.242. The molecule has 0 radical (unpaired) electrons. The quantitative estimate of drug-likeness (QED) is 0.549. The second kappa shape index (κ2) is 3.27. The third kappa shape index (κ3) is 1.50. The number of esters is 1. The van der Waals surface area contributed by atoms with Gasteiger partial charge in [0.05, 0.1) is 6.10 Å². The largest absolute Gasteiger partial charge is 0.452 e. The van der Waals surface area contributed by atoms with E-state index in [-0.39, 0.29) is 18.2 Å². The van der Waals surface area contributed by atoms with Gasteiger partial charge in [-0.2, -0.15) is 0 Å². The summed E-state index contributed by atoms with van der Waals surface area (Å²) in [6.07, 6.45) is 6.54. The molecule has 2 aliphatic rings. The molecule has 0 N–H and O–H groups in total. The fourth-order valence-electron chi connectivity index (χ4n) is 1.61. The second-order valence-electron chi connectivity index (χ2n) is 3.17. The topological polar surface area (TPSA) is 35.5 Å². The summed E-state index contributed by atoms with van der Waals surface area (Å²) >= 11 is 0. The van der Waals surface area contributed by atoms with Crippen LogP contribution < -0.4 is 0 Å². The Bertz CT molecular complexity index is 204. The summed E-state index contributed by atoms with van der Waals surface area (Å²) < 4.78 is 10.5. The molecule has 1 fully saturated rings. The van der Waals surface area contributed by atoms with Crippen LogP contribution in [0.25, 0.3) is 0 Å². The first-order valence-electron chi connectivity index (χ1n) is 4.37. The highest BCUT2D eigenvalue weighted by atomic mass is 16.6. The van der Waals surface area contributed by atoms with Crippen molar-refractivity contribution >= 4 is 5.97 Å². The molecule has 0 amide bonds. The van der Waals surface area contributed by atoms with Gasteiger partial charge in [-0.15, -0.1) is 0 Å². The molecule has 2 atom stereocenters. The van der Waals surface area contributed by atoms with E-state index in [4.69, 9.17) is 9.47 Å². The van der Waals surface area contributed by atoms with Crippen LogP contribution in [0.1, 0.15) is 19.3 Å². The van der Waals surface area contributed by atoms with Gasteiger partial charge in [0.25, 0.3) is 0 Å². The highest BCUT2D eigenvalue weighted by Crippen LogP contribution is 2.21. The lowest BCUT2D eigenvalue weighted by atomic mass is 10.0. The summed E-state index contributed by atoms with van der Waals surface area (Å²) in [4.78, 5) is 10.7. The number of rotatable bonds is 1. The maximum atomic E-state index is 10.7. The molecule has 0 aromatic carbocycles. The molecule has 0 unspecified atom stereocenters. The van der Waals surface area contributed by atoms with Crippen LogP contribution in [0.5, 0.6) is 0 Å². The van der Waals surface area contributed by atoms with E-state index in [1.165, 1.54) is 12.5 Å². The van der Waals surface area contributed by atoms with Crippen molar-refractivity contribution in [3.63, 3.8) is 0 Å². The Hall–Kier alpha value is -0.830. The van der Waals surface area contributed by atoms with Crippen molar-refractivity contribution in [2.75, 3.05) is 6.61 Å².